The van der Waals surface area contributed by atoms with Crippen molar-refractivity contribution < 1.29 is 29.9 Å². The summed E-state index contributed by atoms with van der Waals surface area (Å²) in [6.45, 7) is 10.8. The van der Waals surface area contributed by atoms with E-state index in [-0.39, 0.29) is 20.4 Å². The van der Waals surface area contributed by atoms with E-state index in [4.69, 9.17) is 19.6 Å². The Labute approximate surface area is 296 Å². The van der Waals surface area contributed by atoms with Crippen LogP contribution in [-0.2, 0) is 39.7 Å². The normalized spacial score (nSPS) is 11.2. The van der Waals surface area contributed by atoms with Crippen LogP contribution in [0, 0.1) is 26.0 Å². The molecule has 0 radical (unpaired) electrons. The van der Waals surface area contributed by atoms with Crippen molar-refractivity contribution in [2.75, 3.05) is 7.11 Å². The Bertz CT molecular complexity index is 2270. The number of benzene rings is 4. The van der Waals surface area contributed by atoms with Gasteiger partial charge in [0, 0.05) is 34.5 Å². The van der Waals surface area contributed by atoms with Crippen molar-refractivity contribution in [3.05, 3.63) is 125 Å². The number of nitrogens with zero attached hydrogens (tertiary/aromatic N) is 4. The molecule has 0 saturated heterocycles. The number of methoxy groups -OCH3 is 1. The Morgan fingerprint density at radius 2 is 1.58 bits per heavy atom. The van der Waals surface area contributed by atoms with Crippen LogP contribution >= 0.6 is 0 Å². The molecule has 3 heterocycles. The second-order valence-electron chi connectivity index (χ2n) is 11.9. The van der Waals surface area contributed by atoms with Gasteiger partial charge in [0.05, 0.1) is 12.8 Å². The fraction of sp³-hybridized carbons (Fsp3) is 0.220. The quantitative estimate of drug-likeness (QED) is 0.110. The molecule has 0 fully saturated rings. The minimum absolute atomic E-state index is 0. The average Bonchev–Trinajstić information content (AvgIpc) is 3.63. The molecular formula is C41H38N4O2Pd. The van der Waals surface area contributed by atoms with E-state index in [9.17, 15) is 0 Å². The van der Waals surface area contributed by atoms with Gasteiger partial charge >= 0.3 is 20.4 Å². The zero-order valence-electron chi connectivity index (χ0n) is 28.1. The number of rotatable bonds is 9. The van der Waals surface area contributed by atoms with Crippen molar-refractivity contribution in [2.24, 2.45) is 0 Å². The fourth-order valence-corrected chi connectivity index (χ4v) is 6.70. The third kappa shape index (κ3) is 5.83. The predicted octanol–water partition coefficient (Wildman–Crippen LogP) is 9.73. The first-order valence-electron chi connectivity index (χ1n) is 16.3. The molecule has 4 aromatic carbocycles. The summed E-state index contributed by atoms with van der Waals surface area (Å²) >= 11 is 0. The van der Waals surface area contributed by atoms with E-state index in [0.717, 1.165) is 75.3 Å². The molecule has 48 heavy (non-hydrogen) atoms. The van der Waals surface area contributed by atoms with Gasteiger partial charge in [-0.25, -0.2) is 4.98 Å². The number of fused-ring (bicyclic) bond motifs is 3. The minimum Gasteiger partial charge on any atom is -0.509 e. The van der Waals surface area contributed by atoms with E-state index in [1.807, 2.05) is 41.2 Å². The van der Waals surface area contributed by atoms with E-state index in [1.165, 1.54) is 22.3 Å². The van der Waals surface area contributed by atoms with Gasteiger partial charge in [-0.3, -0.25) is 4.68 Å². The van der Waals surface area contributed by atoms with Crippen molar-refractivity contribution in [1.29, 1.82) is 0 Å². The summed E-state index contributed by atoms with van der Waals surface area (Å²) in [7, 11) is 1.72. The fourth-order valence-electron chi connectivity index (χ4n) is 6.70. The topological polar surface area (TPSA) is 54.1 Å². The first-order valence-corrected chi connectivity index (χ1v) is 16.3. The summed E-state index contributed by atoms with van der Waals surface area (Å²) in [6, 6.07) is 33.9. The van der Waals surface area contributed by atoms with Crippen LogP contribution in [0.3, 0.4) is 0 Å². The number of aryl methyl sites for hydroxylation is 4. The molecule has 0 saturated carbocycles. The number of aromatic nitrogens is 4. The maximum absolute atomic E-state index is 6.46. The van der Waals surface area contributed by atoms with Gasteiger partial charge in [0.1, 0.15) is 11.6 Å². The molecule has 0 N–H and O–H groups in total. The van der Waals surface area contributed by atoms with Gasteiger partial charge in [-0.1, -0.05) is 44.5 Å². The smallest absolute Gasteiger partial charge is 0.509 e. The number of pyridine rings is 1. The minimum atomic E-state index is 0. The summed E-state index contributed by atoms with van der Waals surface area (Å²) in [4.78, 5) is 4.70. The summed E-state index contributed by atoms with van der Waals surface area (Å²) in [6.07, 6.45) is 4.39. The summed E-state index contributed by atoms with van der Waals surface area (Å²) in [5.41, 5.74) is 11.1. The van der Waals surface area contributed by atoms with Crippen LogP contribution in [0.1, 0.15) is 48.8 Å². The molecule has 7 aromatic rings. The van der Waals surface area contributed by atoms with E-state index < -0.39 is 0 Å². The molecule has 7 rings (SSSR count). The van der Waals surface area contributed by atoms with E-state index >= 15 is 0 Å². The first-order chi connectivity index (χ1) is 22.9. The van der Waals surface area contributed by atoms with Crippen LogP contribution < -0.4 is 9.47 Å². The molecule has 0 bridgehead atoms. The molecule has 0 aliphatic heterocycles. The molecule has 0 aliphatic carbocycles. The Morgan fingerprint density at radius 1 is 0.771 bits per heavy atom. The van der Waals surface area contributed by atoms with Gasteiger partial charge in [-0.2, -0.15) is 17.2 Å². The summed E-state index contributed by atoms with van der Waals surface area (Å²) in [5.74, 6) is 2.94. The van der Waals surface area contributed by atoms with Crippen LogP contribution in [0.2, 0.25) is 0 Å². The molecule has 0 unspecified atom stereocenters. The monoisotopic (exact) mass is 724 g/mol. The number of para-hydroxylation sites is 1. The van der Waals surface area contributed by atoms with Crippen LogP contribution in [0.4, 0.5) is 0 Å². The van der Waals surface area contributed by atoms with Gasteiger partial charge in [0.2, 0.25) is 0 Å². The van der Waals surface area contributed by atoms with Crippen molar-refractivity contribution in [3.63, 3.8) is 0 Å². The number of hydrogen-bond acceptors (Lipinski definition) is 4. The largest absolute Gasteiger partial charge is 2.00 e. The van der Waals surface area contributed by atoms with Crippen LogP contribution in [0.15, 0.2) is 85.1 Å². The Balaban J connectivity index is 0.00000401. The number of hydrogen-bond donors (Lipinski definition) is 0. The van der Waals surface area contributed by atoms with Crippen LogP contribution in [0.5, 0.6) is 17.2 Å². The van der Waals surface area contributed by atoms with Crippen molar-refractivity contribution in [3.8, 4) is 39.9 Å². The molecule has 3 aromatic heterocycles. The second-order valence-corrected chi connectivity index (χ2v) is 11.9. The third-order valence-electron chi connectivity index (χ3n) is 8.87. The predicted molar refractivity (Wildman–Crippen MR) is 189 cm³/mol. The van der Waals surface area contributed by atoms with Crippen molar-refractivity contribution in [1.82, 2.24) is 19.3 Å². The summed E-state index contributed by atoms with van der Waals surface area (Å²) < 4.78 is 16.3. The van der Waals surface area contributed by atoms with Gasteiger partial charge in [-0.05, 0) is 96.8 Å². The van der Waals surface area contributed by atoms with Crippen molar-refractivity contribution >= 4 is 21.8 Å². The number of ether oxygens (including phenoxy) is 2. The zero-order chi connectivity index (χ0) is 32.7. The summed E-state index contributed by atoms with van der Waals surface area (Å²) in [5, 5.41) is 7.39. The maximum Gasteiger partial charge on any atom is 2.00 e. The van der Waals surface area contributed by atoms with Gasteiger partial charge in [0.15, 0.2) is 0 Å². The van der Waals surface area contributed by atoms with E-state index in [2.05, 4.69) is 99.8 Å². The maximum atomic E-state index is 6.46. The molecule has 0 atom stereocenters. The molecule has 6 nitrogen and oxygen atoms in total. The second kappa shape index (κ2) is 13.8. The van der Waals surface area contributed by atoms with Gasteiger partial charge in [-0.15, -0.1) is 35.7 Å². The molecular weight excluding hydrogens is 687 g/mol. The van der Waals surface area contributed by atoms with Crippen LogP contribution in [0.25, 0.3) is 44.4 Å². The molecule has 0 spiro atoms. The van der Waals surface area contributed by atoms with E-state index in [0.29, 0.717) is 11.5 Å². The van der Waals surface area contributed by atoms with E-state index in [1.54, 1.807) is 7.11 Å². The Morgan fingerprint density at radius 3 is 2.33 bits per heavy atom. The first kappa shape index (κ1) is 33.2. The zero-order valence-corrected chi connectivity index (χ0v) is 29.7. The molecule has 7 heteroatoms. The standard InChI is InChI=1S/C41H38N4O2.Pd/c1-7-28-23-32(46-6)22-27(5)40(28)41-35(8-2)43-45(36(41)9-3)29-13-12-14-30(24-29)47-31-17-18-34-33-15-10-11-16-37(33)44(38(34)25-31)39-21-26(4)19-20-42-39;/h10-23H,7-9H2,1-6H3;/q-2;+2. The molecule has 0 amide bonds. The molecule has 244 valence electrons. The van der Waals surface area contributed by atoms with Gasteiger partial charge < -0.3 is 14.0 Å². The molecule has 0 aliphatic rings. The Hall–Kier alpha value is -4.70. The van der Waals surface area contributed by atoms with Crippen molar-refractivity contribution in [2.45, 2.75) is 53.9 Å². The van der Waals surface area contributed by atoms with Gasteiger partial charge in [0.25, 0.3) is 0 Å². The Kier molecular flexibility index (Phi) is 9.55. The average molecular weight is 725 g/mol. The third-order valence-corrected chi connectivity index (χ3v) is 8.87. The SMILES string of the molecule is CCc1cc(OC)cc(C)c1-c1c(CC)nn(-c2[c-]c(Oc3[c-]c4c(cc3)c3ccccc3n4-c3cc(C)ccn3)ccc2)c1CC.[Pd+2]. The van der Waals surface area contributed by atoms with Crippen LogP contribution in [-0.4, -0.2) is 26.4 Å².